The maximum atomic E-state index is 2.50. The predicted octanol–water partition coefficient (Wildman–Crippen LogP) is 12.9. The summed E-state index contributed by atoms with van der Waals surface area (Å²) in [6.45, 7) is 0. The van der Waals surface area contributed by atoms with Crippen LogP contribution in [0.3, 0.4) is 0 Å². The Morgan fingerprint density at radius 3 is 1.58 bits per heavy atom. The summed E-state index contributed by atoms with van der Waals surface area (Å²) in [7, 11) is 0. The van der Waals surface area contributed by atoms with Gasteiger partial charge in [0.15, 0.2) is 0 Å². The number of fused-ring (bicyclic) bond motifs is 11. The molecule has 2 aliphatic rings. The fourth-order valence-corrected chi connectivity index (χ4v) is 10.5. The molecule has 0 N–H and O–H groups in total. The molecule has 0 aliphatic heterocycles. The molecule has 0 fully saturated rings. The molecule has 0 saturated heterocycles. The van der Waals surface area contributed by atoms with E-state index in [4.69, 9.17) is 0 Å². The van der Waals surface area contributed by atoms with E-state index < -0.39 is 5.41 Å². The molecule has 2 aliphatic carbocycles. The van der Waals surface area contributed by atoms with Gasteiger partial charge >= 0.3 is 0 Å². The summed E-state index contributed by atoms with van der Waals surface area (Å²) >= 11 is 0. The lowest BCUT2D eigenvalue weighted by molar-refractivity contribution is 0.783. The monoisotopic (exact) mass is 670 g/mol. The second-order valence-corrected chi connectivity index (χ2v) is 14.8. The Balaban J connectivity index is 1.09. The number of rotatable bonds is 2. The average molecular weight is 671 g/mol. The van der Waals surface area contributed by atoms with Gasteiger partial charge in [-0.05, 0) is 110 Å². The Hall–Kier alpha value is -6.90. The third kappa shape index (κ3) is 3.27. The van der Waals surface area contributed by atoms with Crippen molar-refractivity contribution in [1.82, 2.24) is 9.13 Å². The Morgan fingerprint density at radius 2 is 0.830 bits per heavy atom. The molecule has 1 spiro atoms. The fourth-order valence-electron chi connectivity index (χ4n) is 10.5. The van der Waals surface area contributed by atoms with Gasteiger partial charge in [0.1, 0.15) is 0 Å². The maximum Gasteiger partial charge on any atom is 0.0726 e. The van der Waals surface area contributed by atoms with Crippen molar-refractivity contribution in [3.8, 4) is 22.5 Å². The second-order valence-electron chi connectivity index (χ2n) is 14.8. The minimum atomic E-state index is -0.399. The SMILES string of the molecule is c1ccc2c(c1)-c1ccccc1C21c2cccc3ccc4c(c23)c2c1cccc2n4-c1ccc(-n2c3ccccc3c3cc4ccccc4cc32)cc1. The molecule has 0 unspecified atom stereocenters. The van der Waals surface area contributed by atoms with Crippen molar-refractivity contribution in [2.24, 2.45) is 0 Å². The summed E-state index contributed by atoms with van der Waals surface area (Å²) in [5.41, 5.74) is 15.0. The first-order chi connectivity index (χ1) is 26.3. The first kappa shape index (κ1) is 27.8. The zero-order valence-electron chi connectivity index (χ0n) is 28.7. The van der Waals surface area contributed by atoms with E-state index in [9.17, 15) is 0 Å². The van der Waals surface area contributed by atoms with Gasteiger partial charge in [-0.25, -0.2) is 0 Å². The molecule has 244 valence electrons. The van der Waals surface area contributed by atoms with Crippen LogP contribution in [0.5, 0.6) is 0 Å². The highest BCUT2D eigenvalue weighted by Gasteiger charge is 2.49. The van der Waals surface area contributed by atoms with Crippen LogP contribution in [0.25, 0.3) is 87.7 Å². The first-order valence-corrected chi connectivity index (χ1v) is 18.5. The number of nitrogens with zero attached hydrogens (tertiary/aromatic N) is 2. The number of aromatic nitrogens is 2. The lowest BCUT2D eigenvalue weighted by atomic mass is 9.63. The third-order valence-electron chi connectivity index (χ3n) is 12.5. The molecule has 2 aromatic heterocycles. The predicted molar refractivity (Wildman–Crippen MR) is 221 cm³/mol. The zero-order valence-corrected chi connectivity index (χ0v) is 28.7. The van der Waals surface area contributed by atoms with Gasteiger partial charge in [0.05, 0.1) is 27.5 Å². The van der Waals surface area contributed by atoms with E-state index in [2.05, 4.69) is 191 Å². The minimum Gasteiger partial charge on any atom is -0.309 e. The molecular weight excluding hydrogens is 641 g/mol. The van der Waals surface area contributed by atoms with Crippen molar-refractivity contribution in [2.45, 2.75) is 5.41 Å². The summed E-state index contributed by atoms with van der Waals surface area (Å²) in [6, 6.07) is 68.2. The third-order valence-corrected chi connectivity index (χ3v) is 12.5. The molecular formula is C51H30N2. The molecule has 9 aromatic carbocycles. The van der Waals surface area contributed by atoms with Crippen molar-refractivity contribution < 1.29 is 0 Å². The number of para-hydroxylation sites is 1. The molecule has 13 rings (SSSR count). The van der Waals surface area contributed by atoms with Crippen molar-refractivity contribution >= 4 is 65.2 Å². The van der Waals surface area contributed by atoms with E-state index >= 15 is 0 Å². The fraction of sp³-hybridized carbons (Fsp3) is 0.0196. The lowest BCUT2D eigenvalue weighted by Gasteiger charge is -2.37. The van der Waals surface area contributed by atoms with E-state index in [0.29, 0.717) is 0 Å². The van der Waals surface area contributed by atoms with Crippen molar-refractivity contribution in [1.29, 1.82) is 0 Å². The van der Waals surface area contributed by atoms with Crippen LogP contribution in [0, 0.1) is 0 Å². The van der Waals surface area contributed by atoms with Crippen LogP contribution in [0.4, 0.5) is 0 Å². The second kappa shape index (κ2) is 9.70. The molecule has 0 atom stereocenters. The van der Waals surface area contributed by atoms with Gasteiger partial charge in [-0.1, -0.05) is 127 Å². The van der Waals surface area contributed by atoms with Crippen molar-refractivity contribution in [3.05, 3.63) is 204 Å². The normalized spacial score (nSPS) is 13.8. The van der Waals surface area contributed by atoms with Crippen LogP contribution in [0.15, 0.2) is 182 Å². The quantitative estimate of drug-likeness (QED) is 0.173. The topological polar surface area (TPSA) is 9.86 Å². The van der Waals surface area contributed by atoms with Crippen LogP contribution in [-0.4, -0.2) is 9.13 Å². The Labute approximate surface area is 305 Å². The smallest absolute Gasteiger partial charge is 0.0726 e. The standard InChI is InChI=1S/C51H30N2/c1-2-12-33-30-47-39(29-32(33)11-1)38-16-5-8-21-44(38)52(47)34-24-26-35(27-25-34)53-45-22-10-20-43-49(45)50-46(53)28-23-31-13-9-19-42(48(31)50)51(43)40-17-6-3-14-36(40)37-15-4-7-18-41(37)51/h1-30H. The van der Waals surface area contributed by atoms with Gasteiger partial charge in [-0.2, -0.15) is 0 Å². The molecule has 0 amide bonds. The largest absolute Gasteiger partial charge is 0.309 e. The highest BCUT2D eigenvalue weighted by molar-refractivity contribution is 6.26. The Kier molecular flexibility index (Phi) is 5.08. The number of hydrogen-bond acceptors (Lipinski definition) is 0. The Bertz CT molecular complexity index is 3350. The maximum absolute atomic E-state index is 2.50. The van der Waals surface area contributed by atoms with Crippen molar-refractivity contribution in [2.75, 3.05) is 0 Å². The van der Waals surface area contributed by atoms with E-state index in [1.807, 2.05) is 0 Å². The van der Waals surface area contributed by atoms with Crippen molar-refractivity contribution in [3.63, 3.8) is 0 Å². The first-order valence-electron chi connectivity index (χ1n) is 18.5. The Morgan fingerprint density at radius 1 is 0.302 bits per heavy atom. The molecule has 53 heavy (non-hydrogen) atoms. The summed E-state index contributed by atoms with van der Waals surface area (Å²) in [6.07, 6.45) is 0. The van der Waals surface area contributed by atoms with Crippen LogP contribution >= 0.6 is 0 Å². The summed E-state index contributed by atoms with van der Waals surface area (Å²) in [5.74, 6) is 0. The number of benzene rings is 9. The van der Waals surface area contributed by atoms with Crippen LogP contribution in [0.2, 0.25) is 0 Å². The molecule has 0 saturated carbocycles. The summed E-state index contributed by atoms with van der Waals surface area (Å²) < 4.78 is 4.93. The van der Waals surface area contributed by atoms with E-state index in [0.717, 1.165) is 11.4 Å². The van der Waals surface area contributed by atoms with Gasteiger partial charge in [0, 0.05) is 32.9 Å². The van der Waals surface area contributed by atoms with Gasteiger partial charge in [-0.3, -0.25) is 0 Å². The van der Waals surface area contributed by atoms with Gasteiger partial charge in [-0.15, -0.1) is 0 Å². The molecule has 2 nitrogen and oxygen atoms in total. The molecule has 2 heterocycles. The van der Waals surface area contributed by atoms with Gasteiger partial charge in [0.2, 0.25) is 0 Å². The molecule has 2 heteroatoms. The number of hydrogen-bond donors (Lipinski definition) is 0. The van der Waals surface area contributed by atoms with Crippen LogP contribution < -0.4 is 0 Å². The van der Waals surface area contributed by atoms with E-state index in [-0.39, 0.29) is 0 Å². The molecule has 0 bridgehead atoms. The van der Waals surface area contributed by atoms with E-state index in [1.54, 1.807) is 0 Å². The highest BCUT2D eigenvalue weighted by Crippen LogP contribution is 2.62. The van der Waals surface area contributed by atoms with Crippen LogP contribution in [0.1, 0.15) is 22.3 Å². The summed E-state index contributed by atoms with van der Waals surface area (Å²) in [5, 5.41) is 10.5. The van der Waals surface area contributed by atoms with Gasteiger partial charge in [0.25, 0.3) is 0 Å². The molecule has 0 radical (unpaired) electrons. The average Bonchev–Trinajstić information content (AvgIpc) is 3.84. The lowest BCUT2D eigenvalue weighted by Crippen LogP contribution is -2.30. The molecule has 11 aromatic rings. The van der Waals surface area contributed by atoms with Gasteiger partial charge < -0.3 is 9.13 Å². The highest BCUT2D eigenvalue weighted by atomic mass is 15.0. The minimum absolute atomic E-state index is 0.399. The summed E-state index contributed by atoms with van der Waals surface area (Å²) in [4.78, 5) is 0. The van der Waals surface area contributed by atoms with Crippen LogP contribution in [-0.2, 0) is 5.41 Å². The van der Waals surface area contributed by atoms with E-state index in [1.165, 1.54) is 98.5 Å². The zero-order chi connectivity index (χ0) is 34.4.